The van der Waals surface area contributed by atoms with Gasteiger partial charge in [0.25, 0.3) is 10.0 Å². The molecule has 0 fully saturated rings. The Kier molecular flexibility index (Phi) is 5.07. The van der Waals surface area contributed by atoms with Gasteiger partial charge in [0.2, 0.25) is 5.91 Å². The molecule has 8 heteroatoms. The number of aromatic nitrogens is 1. The van der Waals surface area contributed by atoms with Gasteiger partial charge in [-0.15, -0.1) is 0 Å². The summed E-state index contributed by atoms with van der Waals surface area (Å²) in [4.78, 5) is 19.6. The van der Waals surface area contributed by atoms with Gasteiger partial charge in [-0.2, -0.15) is 0 Å². The third-order valence-electron chi connectivity index (χ3n) is 5.45. The van der Waals surface area contributed by atoms with Crippen molar-refractivity contribution in [1.82, 2.24) is 4.98 Å². The van der Waals surface area contributed by atoms with Gasteiger partial charge >= 0.3 is 0 Å². The number of sulfonamides is 1. The molecule has 0 unspecified atom stereocenters. The fraction of sp³-hybridized carbons (Fsp3) is 0.0833. The standard InChI is InChI=1S/C24H18ClN3O3S/c25-18-10-12-20(13-11-18)27(15-19-7-1-2-14-26-19)23(29)16-28-21-8-3-5-17-6-4-9-22(24(17)21)32(28,30)31/h1-14H,15-16H2. The molecular weight excluding hydrogens is 446 g/mol. The molecule has 3 aromatic carbocycles. The van der Waals surface area contributed by atoms with Crippen molar-refractivity contribution in [3.8, 4) is 0 Å². The summed E-state index contributed by atoms with van der Waals surface area (Å²) in [5, 5.41) is 2.01. The zero-order valence-corrected chi connectivity index (χ0v) is 18.4. The van der Waals surface area contributed by atoms with E-state index < -0.39 is 10.0 Å². The van der Waals surface area contributed by atoms with Crippen LogP contribution in [0.1, 0.15) is 5.69 Å². The summed E-state index contributed by atoms with van der Waals surface area (Å²) in [6.45, 7) is -0.127. The Hall–Kier alpha value is -3.42. The van der Waals surface area contributed by atoms with Crippen LogP contribution >= 0.6 is 11.6 Å². The van der Waals surface area contributed by atoms with Crippen molar-refractivity contribution in [2.75, 3.05) is 15.7 Å². The quantitative estimate of drug-likeness (QED) is 0.432. The van der Waals surface area contributed by atoms with E-state index >= 15 is 0 Å². The number of carbonyl (C=O) groups is 1. The highest BCUT2D eigenvalue weighted by Crippen LogP contribution is 2.42. The monoisotopic (exact) mass is 463 g/mol. The normalized spacial score (nSPS) is 14.0. The highest BCUT2D eigenvalue weighted by atomic mass is 35.5. The molecule has 32 heavy (non-hydrogen) atoms. The number of rotatable bonds is 5. The van der Waals surface area contributed by atoms with Crippen LogP contribution in [-0.4, -0.2) is 25.9 Å². The number of hydrogen-bond donors (Lipinski definition) is 0. The molecule has 1 amide bonds. The van der Waals surface area contributed by atoms with E-state index in [4.69, 9.17) is 11.6 Å². The average Bonchev–Trinajstić information content (AvgIpc) is 3.02. The van der Waals surface area contributed by atoms with Crippen LogP contribution in [0.2, 0.25) is 5.02 Å². The number of anilines is 2. The van der Waals surface area contributed by atoms with E-state index in [1.165, 1.54) is 9.21 Å². The second kappa shape index (κ2) is 7.93. The maximum atomic E-state index is 13.5. The van der Waals surface area contributed by atoms with E-state index in [1.807, 2.05) is 24.3 Å². The fourth-order valence-corrected chi connectivity index (χ4v) is 5.72. The third-order valence-corrected chi connectivity index (χ3v) is 7.50. The third kappa shape index (κ3) is 3.49. The van der Waals surface area contributed by atoms with Crippen LogP contribution in [0.4, 0.5) is 11.4 Å². The summed E-state index contributed by atoms with van der Waals surface area (Å²) in [6.07, 6.45) is 1.65. The zero-order valence-electron chi connectivity index (χ0n) is 16.8. The number of halogens is 1. The molecule has 0 saturated carbocycles. The molecular formula is C24H18ClN3O3S. The summed E-state index contributed by atoms with van der Waals surface area (Å²) in [5.74, 6) is -0.369. The molecule has 4 aromatic rings. The second-order valence-electron chi connectivity index (χ2n) is 7.42. The molecule has 0 bridgehead atoms. The van der Waals surface area contributed by atoms with Gasteiger partial charge in [-0.1, -0.05) is 41.9 Å². The van der Waals surface area contributed by atoms with Crippen molar-refractivity contribution in [2.24, 2.45) is 0 Å². The highest BCUT2D eigenvalue weighted by molar-refractivity contribution is 7.93. The van der Waals surface area contributed by atoms with E-state index in [0.29, 0.717) is 27.5 Å². The molecule has 0 saturated heterocycles. The lowest BCUT2D eigenvalue weighted by Crippen LogP contribution is -2.41. The number of benzene rings is 3. The van der Waals surface area contributed by atoms with E-state index in [0.717, 1.165) is 5.39 Å². The van der Waals surface area contributed by atoms with E-state index in [1.54, 1.807) is 60.8 Å². The Bertz CT molecular complexity index is 1420. The molecule has 160 valence electrons. The Balaban J connectivity index is 1.52. The van der Waals surface area contributed by atoms with Crippen LogP contribution in [-0.2, 0) is 21.4 Å². The molecule has 1 aliphatic rings. The molecule has 0 atom stereocenters. The number of nitrogens with zero attached hydrogens (tertiary/aromatic N) is 3. The lowest BCUT2D eigenvalue weighted by molar-refractivity contribution is -0.117. The minimum atomic E-state index is -3.84. The molecule has 5 rings (SSSR count). The molecule has 2 heterocycles. The summed E-state index contributed by atoms with van der Waals surface area (Å²) < 4.78 is 27.8. The van der Waals surface area contributed by atoms with E-state index in [-0.39, 0.29) is 23.9 Å². The van der Waals surface area contributed by atoms with Crippen LogP contribution in [0.5, 0.6) is 0 Å². The summed E-state index contributed by atoms with van der Waals surface area (Å²) >= 11 is 6.02. The van der Waals surface area contributed by atoms with Gasteiger partial charge in [0.1, 0.15) is 6.54 Å². The molecule has 1 aromatic heterocycles. The van der Waals surface area contributed by atoms with Crippen molar-refractivity contribution in [1.29, 1.82) is 0 Å². The van der Waals surface area contributed by atoms with Gasteiger partial charge in [-0.3, -0.25) is 14.1 Å². The lowest BCUT2D eigenvalue weighted by Gasteiger charge is -2.26. The maximum absolute atomic E-state index is 13.5. The average molecular weight is 464 g/mol. The Labute approximate surface area is 190 Å². The molecule has 0 spiro atoms. The molecule has 1 aliphatic heterocycles. The Morgan fingerprint density at radius 1 is 0.938 bits per heavy atom. The number of carbonyl (C=O) groups excluding carboxylic acids is 1. The highest BCUT2D eigenvalue weighted by Gasteiger charge is 2.37. The zero-order chi connectivity index (χ0) is 22.3. The number of hydrogen-bond acceptors (Lipinski definition) is 4. The van der Waals surface area contributed by atoms with Crippen LogP contribution in [0.3, 0.4) is 0 Å². The van der Waals surface area contributed by atoms with E-state index in [9.17, 15) is 13.2 Å². The van der Waals surface area contributed by atoms with Gasteiger partial charge in [0, 0.05) is 22.3 Å². The summed E-state index contributed by atoms with van der Waals surface area (Å²) in [6, 6.07) is 22.9. The fourth-order valence-electron chi connectivity index (χ4n) is 3.93. The van der Waals surface area contributed by atoms with Crippen LogP contribution in [0, 0.1) is 0 Å². The minimum absolute atomic E-state index is 0.201. The Morgan fingerprint density at radius 3 is 2.41 bits per heavy atom. The number of pyridine rings is 1. The first kappa shape index (κ1) is 20.5. The first-order chi connectivity index (χ1) is 15.4. The first-order valence-corrected chi connectivity index (χ1v) is 11.8. The van der Waals surface area contributed by atoms with Gasteiger partial charge < -0.3 is 4.90 Å². The SMILES string of the molecule is O=C(CN1c2cccc3cccc(c23)S1(=O)=O)N(Cc1ccccn1)c1ccc(Cl)cc1. The molecule has 0 aliphatic carbocycles. The van der Waals surface area contributed by atoms with Gasteiger partial charge in [0.15, 0.2) is 0 Å². The predicted molar refractivity (Wildman–Crippen MR) is 125 cm³/mol. The second-order valence-corrected chi connectivity index (χ2v) is 9.69. The van der Waals surface area contributed by atoms with Crippen LogP contribution < -0.4 is 9.21 Å². The molecule has 0 radical (unpaired) electrons. The largest absolute Gasteiger partial charge is 0.305 e. The topological polar surface area (TPSA) is 70.6 Å². The van der Waals surface area contributed by atoms with Gasteiger partial charge in [-0.05, 0) is 53.9 Å². The number of amides is 1. The van der Waals surface area contributed by atoms with Crippen molar-refractivity contribution in [2.45, 2.75) is 11.4 Å². The first-order valence-electron chi connectivity index (χ1n) is 9.95. The smallest absolute Gasteiger partial charge is 0.265 e. The summed E-state index contributed by atoms with van der Waals surface area (Å²) in [7, 11) is -3.84. The van der Waals surface area contributed by atoms with Crippen molar-refractivity contribution >= 4 is 49.7 Å². The van der Waals surface area contributed by atoms with Gasteiger partial charge in [0.05, 0.1) is 22.8 Å². The van der Waals surface area contributed by atoms with E-state index in [2.05, 4.69) is 4.98 Å². The van der Waals surface area contributed by atoms with Crippen molar-refractivity contribution < 1.29 is 13.2 Å². The Morgan fingerprint density at radius 2 is 1.69 bits per heavy atom. The summed E-state index contributed by atoms with van der Waals surface area (Å²) in [5.41, 5.74) is 1.81. The molecule has 6 nitrogen and oxygen atoms in total. The van der Waals surface area contributed by atoms with Crippen molar-refractivity contribution in [3.05, 3.63) is 95.8 Å². The minimum Gasteiger partial charge on any atom is -0.305 e. The van der Waals surface area contributed by atoms with Crippen LogP contribution in [0.15, 0.2) is 90.0 Å². The van der Waals surface area contributed by atoms with Crippen molar-refractivity contribution in [3.63, 3.8) is 0 Å². The van der Waals surface area contributed by atoms with Crippen LogP contribution in [0.25, 0.3) is 10.8 Å². The van der Waals surface area contributed by atoms with Gasteiger partial charge in [-0.25, -0.2) is 8.42 Å². The lowest BCUT2D eigenvalue weighted by atomic mass is 10.1. The predicted octanol–water partition coefficient (Wildman–Crippen LogP) is 4.63. The maximum Gasteiger partial charge on any atom is 0.265 e. The molecule has 0 N–H and O–H groups in total.